The fourth-order valence-electron chi connectivity index (χ4n) is 1.86. The minimum atomic E-state index is -0.232. The van der Waals surface area contributed by atoms with Crippen LogP contribution < -0.4 is 11.1 Å². The number of aryl methyl sites for hydroxylation is 1. The van der Waals surface area contributed by atoms with Gasteiger partial charge in [0.05, 0.1) is 17.9 Å². The summed E-state index contributed by atoms with van der Waals surface area (Å²) >= 11 is 3.41. The van der Waals surface area contributed by atoms with E-state index < -0.39 is 0 Å². The van der Waals surface area contributed by atoms with Crippen molar-refractivity contribution in [1.29, 1.82) is 0 Å². The fourth-order valence-corrected chi connectivity index (χ4v) is 2.27. The lowest BCUT2D eigenvalue weighted by Crippen LogP contribution is -2.29. The Kier molecular flexibility index (Phi) is 3.90. The van der Waals surface area contributed by atoms with Gasteiger partial charge in [0.1, 0.15) is 5.69 Å². The lowest BCUT2D eigenvalue weighted by atomic mass is 10.1. The van der Waals surface area contributed by atoms with Gasteiger partial charge in [0.15, 0.2) is 0 Å². The fraction of sp³-hybridized carbons (Fsp3) is 0.231. The third kappa shape index (κ3) is 2.96. The maximum atomic E-state index is 12.2. The van der Waals surface area contributed by atoms with Crippen LogP contribution in [0.4, 0.5) is 5.69 Å². The Bertz CT molecular complexity index is 589. The van der Waals surface area contributed by atoms with Crippen LogP contribution in [0.2, 0.25) is 0 Å². The van der Waals surface area contributed by atoms with Gasteiger partial charge in [-0.1, -0.05) is 28.1 Å². The molecule has 19 heavy (non-hydrogen) atoms. The maximum Gasteiger partial charge on any atom is 0.272 e. The summed E-state index contributed by atoms with van der Waals surface area (Å²) in [5.41, 5.74) is 7.50. The zero-order chi connectivity index (χ0) is 14.0. The highest BCUT2D eigenvalue weighted by Crippen LogP contribution is 2.19. The topological polar surface area (TPSA) is 72.9 Å². The van der Waals surface area contributed by atoms with Crippen molar-refractivity contribution in [3.8, 4) is 0 Å². The molecule has 1 amide bonds. The van der Waals surface area contributed by atoms with Crippen LogP contribution in [0.25, 0.3) is 0 Å². The number of aromatic nitrogens is 2. The Hall–Kier alpha value is -1.82. The molecule has 0 aliphatic heterocycles. The maximum absolute atomic E-state index is 12.2. The lowest BCUT2D eigenvalue weighted by Gasteiger charge is -2.15. The summed E-state index contributed by atoms with van der Waals surface area (Å²) in [5.74, 6) is -0.232. The van der Waals surface area contributed by atoms with Crippen molar-refractivity contribution >= 4 is 27.5 Å². The number of amides is 1. The number of carbonyl (C=O) groups excluding carboxylic acids is 1. The second-order valence-electron chi connectivity index (χ2n) is 4.32. The molecule has 1 atom stereocenters. The van der Waals surface area contributed by atoms with Crippen molar-refractivity contribution in [1.82, 2.24) is 15.1 Å². The Labute approximate surface area is 119 Å². The molecule has 2 aromatic rings. The largest absolute Gasteiger partial charge is 0.396 e. The molecule has 0 fully saturated rings. The van der Waals surface area contributed by atoms with E-state index in [1.165, 1.54) is 10.9 Å². The van der Waals surface area contributed by atoms with E-state index in [1.807, 2.05) is 31.2 Å². The van der Waals surface area contributed by atoms with Crippen LogP contribution in [-0.2, 0) is 7.05 Å². The number of halogens is 1. The number of hydrogen-bond donors (Lipinski definition) is 2. The Morgan fingerprint density at radius 1 is 1.53 bits per heavy atom. The summed E-state index contributed by atoms with van der Waals surface area (Å²) in [4.78, 5) is 12.2. The van der Waals surface area contributed by atoms with Crippen molar-refractivity contribution in [3.05, 3.63) is 46.2 Å². The highest BCUT2D eigenvalue weighted by Gasteiger charge is 2.17. The molecule has 6 heteroatoms. The molecule has 0 saturated carbocycles. The standard InChI is InChI=1S/C13H15BrN4O/c1-8(9-4-3-5-10(14)6-9)17-13(19)12-11(15)7-16-18(12)2/h3-8H,15H2,1-2H3,(H,17,19). The zero-order valence-corrected chi connectivity index (χ0v) is 12.3. The molecule has 0 spiro atoms. The summed E-state index contributed by atoms with van der Waals surface area (Å²) < 4.78 is 2.45. The SMILES string of the molecule is CC(NC(=O)c1c(N)cnn1C)c1cccc(Br)c1. The summed E-state index contributed by atoms with van der Waals surface area (Å²) in [7, 11) is 1.69. The van der Waals surface area contributed by atoms with Gasteiger partial charge < -0.3 is 11.1 Å². The normalized spacial score (nSPS) is 12.2. The van der Waals surface area contributed by atoms with E-state index >= 15 is 0 Å². The molecule has 0 aliphatic carbocycles. The van der Waals surface area contributed by atoms with Gasteiger partial charge in [0.25, 0.3) is 5.91 Å². The predicted octanol–water partition coefficient (Wildman–Crippen LogP) is 2.26. The van der Waals surface area contributed by atoms with Gasteiger partial charge in [-0.05, 0) is 24.6 Å². The number of nitrogens with zero attached hydrogens (tertiary/aromatic N) is 2. The molecule has 0 saturated heterocycles. The minimum Gasteiger partial charge on any atom is -0.396 e. The van der Waals surface area contributed by atoms with Gasteiger partial charge >= 0.3 is 0 Å². The minimum absolute atomic E-state index is 0.112. The zero-order valence-electron chi connectivity index (χ0n) is 10.7. The van der Waals surface area contributed by atoms with E-state index in [2.05, 4.69) is 26.3 Å². The first kappa shape index (κ1) is 13.6. The van der Waals surface area contributed by atoms with Crippen LogP contribution >= 0.6 is 15.9 Å². The van der Waals surface area contributed by atoms with Crippen molar-refractivity contribution in [3.63, 3.8) is 0 Å². The average Bonchev–Trinajstić information content (AvgIpc) is 2.69. The number of nitrogens with one attached hydrogen (secondary N) is 1. The molecular weight excluding hydrogens is 308 g/mol. The van der Waals surface area contributed by atoms with Crippen molar-refractivity contribution in [2.24, 2.45) is 7.05 Å². The van der Waals surface area contributed by atoms with Crippen LogP contribution in [0.3, 0.4) is 0 Å². The molecule has 2 rings (SSSR count). The molecule has 1 aromatic carbocycles. The Balaban J connectivity index is 2.15. The average molecular weight is 323 g/mol. The molecule has 0 bridgehead atoms. The van der Waals surface area contributed by atoms with E-state index in [1.54, 1.807) is 7.05 Å². The Morgan fingerprint density at radius 2 is 2.26 bits per heavy atom. The highest BCUT2D eigenvalue weighted by molar-refractivity contribution is 9.10. The highest BCUT2D eigenvalue weighted by atomic mass is 79.9. The molecule has 1 heterocycles. The van der Waals surface area contributed by atoms with E-state index in [4.69, 9.17) is 5.73 Å². The third-order valence-corrected chi connectivity index (χ3v) is 3.37. The number of rotatable bonds is 3. The molecular formula is C13H15BrN4O. The lowest BCUT2D eigenvalue weighted by molar-refractivity contribution is 0.0931. The van der Waals surface area contributed by atoms with Crippen LogP contribution in [0.15, 0.2) is 34.9 Å². The number of benzene rings is 1. The molecule has 0 aliphatic rings. The number of hydrogen-bond acceptors (Lipinski definition) is 3. The molecule has 5 nitrogen and oxygen atoms in total. The second kappa shape index (κ2) is 5.44. The van der Waals surface area contributed by atoms with Gasteiger partial charge in [-0.15, -0.1) is 0 Å². The van der Waals surface area contributed by atoms with Crippen LogP contribution in [0.5, 0.6) is 0 Å². The first-order valence-electron chi connectivity index (χ1n) is 5.83. The van der Waals surface area contributed by atoms with Gasteiger partial charge in [-0.25, -0.2) is 0 Å². The van der Waals surface area contributed by atoms with Crippen LogP contribution in [0, 0.1) is 0 Å². The van der Waals surface area contributed by atoms with Crippen molar-refractivity contribution in [2.45, 2.75) is 13.0 Å². The first-order chi connectivity index (χ1) is 8.99. The number of nitrogens with two attached hydrogens (primary N) is 1. The molecule has 0 radical (unpaired) electrons. The van der Waals surface area contributed by atoms with E-state index in [0.29, 0.717) is 11.4 Å². The monoisotopic (exact) mass is 322 g/mol. The Morgan fingerprint density at radius 3 is 2.84 bits per heavy atom. The van der Waals surface area contributed by atoms with Gasteiger partial charge in [-0.3, -0.25) is 9.48 Å². The predicted molar refractivity (Wildman–Crippen MR) is 77.6 cm³/mol. The van der Waals surface area contributed by atoms with Gasteiger partial charge in [0, 0.05) is 11.5 Å². The first-order valence-corrected chi connectivity index (χ1v) is 6.62. The second-order valence-corrected chi connectivity index (χ2v) is 5.24. The van der Waals surface area contributed by atoms with E-state index in [-0.39, 0.29) is 11.9 Å². The van der Waals surface area contributed by atoms with Gasteiger partial charge in [-0.2, -0.15) is 5.10 Å². The van der Waals surface area contributed by atoms with E-state index in [0.717, 1.165) is 10.0 Å². The number of nitrogen functional groups attached to an aromatic ring is 1. The van der Waals surface area contributed by atoms with Crippen LogP contribution in [-0.4, -0.2) is 15.7 Å². The molecule has 100 valence electrons. The molecule has 1 aromatic heterocycles. The van der Waals surface area contributed by atoms with Crippen LogP contribution in [0.1, 0.15) is 29.0 Å². The molecule has 3 N–H and O–H groups in total. The summed E-state index contributed by atoms with van der Waals surface area (Å²) in [6.07, 6.45) is 1.47. The number of anilines is 1. The summed E-state index contributed by atoms with van der Waals surface area (Å²) in [5, 5.41) is 6.86. The van der Waals surface area contributed by atoms with Crippen molar-refractivity contribution in [2.75, 3.05) is 5.73 Å². The van der Waals surface area contributed by atoms with E-state index in [9.17, 15) is 4.79 Å². The van der Waals surface area contributed by atoms with Gasteiger partial charge in [0.2, 0.25) is 0 Å². The smallest absolute Gasteiger partial charge is 0.272 e. The summed E-state index contributed by atoms with van der Waals surface area (Å²) in [6, 6.07) is 7.69. The number of carbonyl (C=O) groups is 1. The molecule has 1 unspecified atom stereocenters. The summed E-state index contributed by atoms with van der Waals surface area (Å²) in [6.45, 7) is 1.92. The quantitative estimate of drug-likeness (QED) is 0.910. The third-order valence-electron chi connectivity index (χ3n) is 2.88. The van der Waals surface area contributed by atoms with Crippen molar-refractivity contribution < 1.29 is 4.79 Å².